The molecule has 1 aliphatic rings. The molecule has 19 heavy (non-hydrogen) atoms. The highest BCUT2D eigenvalue weighted by Gasteiger charge is 2.31. The molecule has 2 rings (SSSR count). The normalized spacial score (nSPS) is 21.5. The highest BCUT2D eigenvalue weighted by molar-refractivity contribution is 8.00. The van der Waals surface area contributed by atoms with E-state index < -0.39 is 15.2 Å². The lowest BCUT2D eigenvalue weighted by Gasteiger charge is -2.34. The van der Waals surface area contributed by atoms with Crippen LogP contribution in [0.15, 0.2) is 12.1 Å². The highest BCUT2D eigenvalue weighted by Crippen LogP contribution is 2.25. The Morgan fingerprint density at radius 3 is 2.84 bits per heavy atom. The number of pyridine rings is 1. The first-order valence-corrected chi connectivity index (χ1v) is 9.56. The molecule has 0 aromatic carbocycles. The molecule has 0 N–H and O–H groups in total. The van der Waals surface area contributed by atoms with Crippen molar-refractivity contribution in [3.05, 3.63) is 28.0 Å². The molecule has 0 bridgehead atoms. The molecule has 106 valence electrons. The fraction of sp³-hybridized carbons (Fsp3) is 0.545. The quantitative estimate of drug-likeness (QED) is 0.790. The number of thioether (sulfide) groups is 1. The van der Waals surface area contributed by atoms with Gasteiger partial charge in [-0.15, -0.1) is 0 Å². The van der Waals surface area contributed by atoms with E-state index >= 15 is 0 Å². The molecule has 1 unspecified atom stereocenters. The van der Waals surface area contributed by atoms with Gasteiger partial charge in [0.25, 0.3) is 0 Å². The van der Waals surface area contributed by atoms with Crippen molar-refractivity contribution in [2.75, 3.05) is 24.3 Å². The molecule has 2 heterocycles. The minimum atomic E-state index is -3.10. The van der Waals surface area contributed by atoms with Gasteiger partial charge in [0.05, 0.1) is 0 Å². The van der Waals surface area contributed by atoms with E-state index in [4.69, 9.17) is 23.2 Å². The molecule has 8 heteroatoms. The van der Waals surface area contributed by atoms with Crippen molar-refractivity contribution in [3.63, 3.8) is 0 Å². The second-order valence-electron chi connectivity index (χ2n) is 4.41. The van der Waals surface area contributed by atoms with Crippen LogP contribution in [0.25, 0.3) is 0 Å². The first-order chi connectivity index (χ1) is 8.88. The van der Waals surface area contributed by atoms with Gasteiger partial charge in [0.15, 0.2) is 9.84 Å². The Morgan fingerprint density at radius 1 is 1.47 bits per heavy atom. The predicted molar refractivity (Wildman–Crippen MR) is 80.6 cm³/mol. The Balaban J connectivity index is 2.20. The average Bonchev–Trinajstić information content (AvgIpc) is 2.32. The van der Waals surface area contributed by atoms with Crippen molar-refractivity contribution in [1.82, 2.24) is 9.88 Å². The van der Waals surface area contributed by atoms with Gasteiger partial charge in [-0.05, 0) is 6.07 Å². The zero-order chi connectivity index (χ0) is 14.0. The summed E-state index contributed by atoms with van der Waals surface area (Å²) in [5.74, 6) is 1.52. The van der Waals surface area contributed by atoms with Crippen molar-refractivity contribution in [2.24, 2.45) is 0 Å². The SMILES string of the molecule is CS(=O)(=O)C1CSCCN1Cc1ccc(Cl)nc1Cl. The van der Waals surface area contributed by atoms with Gasteiger partial charge in [0.1, 0.15) is 15.7 Å². The van der Waals surface area contributed by atoms with Gasteiger partial charge in [0, 0.05) is 36.4 Å². The molecule has 1 aromatic rings. The molecule has 1 aromatic heterocycles. The summed E-state index contributed by atoms with van der Waals surface area (Å²) in [7, 11) is -3.10. The number of sulfone groups is 1. The van der Waals surface area contributed by atoms with E-state index in [2.05, 4.69) is 4.98 Å². The van der Waals surface area contributed by atoms with Crippen LogP contribution in [-0.2, 0) is 16.4 Å². The molecule has 1 atom stereocenters. The van der Waals surface area contributed by atoms with Gasteiger partial charge in [-0.3, -0.25) is 4.90 Å². The number of rotatable bonds is 3. The molecule has 4 nitrogen and oxygen atoms in total. The molecule has 0 radical (unpaired) electrons. The van der Waals surface area contributed by atoms with E-state index in [0.29, 0.717) is 22.6 Å². The number of nitrogens with zero attached hydrogens (tertiary/aromatic N) is 2. The Morgan fingerprint density at radius 2 is 2.21 bits per heavy atom. The molecular formula is C11H14Cl2N2O2S2. The summed E-state index contributed by atoms with van der Waals surface area (Å²) in [6.45, 7) is 1.20. The lowest BCUT2D eigenvalue weighted by atomic mass is 10.2. The maximum absolute atomic E-state index is 11.8. The van der Waals surface area contributed by atoms with Crippen LogP contribution in [0.5, 0.6) is 0 Å². The summed E-state index contributed by atoms with van der Waals surface area (Å²) in [6.07, 6.45) is 1.28. The zero-order valence-corrected chi connectivity index (χ0v) is 13.5. The molecule has 0 spiro atoms. The predicted octanol–water partition coefficient (Wildman–Crippen LogP) is 2.31. The summed E-state index contributed by atoms with van der Waals surface area (Å²) < 4.78 is 23.6. The van der Waals surface area contributed by atoms with Crippen LogP contribution >= 0.6 is 35.0 Å². The average molecular weight is 341 g/mol. The lowest BCUT2D eigenvalue weighted by molar-refractivity contribution is 0.262. The molecule has 1 fully saturated rings. The van der Waals surface area contributed by atoms with Crippen LogP contribution in [0, 0.1) is 0 Å². The van der Waals surface area contributed by atoms with Crippen LogP contribution in [0.4, 0.5) is 0 Å². The fourth-order valence-corrected chi connectivity index (χ4v) is 5.31. The number of halogens is 2. The molecule has 1 aliphatic heterocycles. The van der Waals surface area contributed by atoms with E-state index in [0.717, 1.165) is 17.9 Å². The second-order valence-corrected chi connectivity index (χ2v) is 8.51. The van der Waals surface area contributed by atoms with Crippen molar-refractivity contribution in [1.29, 1.82) is 0 Å². The minimum Gasteiger partial charge on any atom is -0.281 e. The lowest BCUT2D eigenvalue weighted by Crippen LogP contribution is -2.46. The van der Waals surface area contributed by atoms with E-state index in [-0.39, 0.29) is 0 Å². The first kappa shape index (κ1) is 15.4. The Kier molecular flexibility index (Phi) is 5.00. The van der Waals surface area contributed by atoms with Crippen molar-refractivity contribution in [3.8, 4) is 0 Å². The van der Waals surface area contributed by atoms with Crippen molar-refractivity contribution >= 4 is 44.8 Å². The molecule has 0 aliphatic carbocycles. The molecular weight excluding hydrogens is 327 g/mol. The summed E-state index contributed by atoms with van der Waals surface area (Å²) in [5.41, 5.74) is 0.798. The third-order valence-electron chi connectivity index (χ3n) is 2.95. The van der Waals surface area contributed by atoms with Crippen molar-refractivity contribution in [2.45, 2.75) is 11.9 Å². The summed E-state index contributed by atoms with van der Waals surface area (Å²) in [6, 6.07) is 3.45. The first-order valence-electron chi connectivity index (χ1n) is 5.69. The van der Waals surface area contributed by atoms with Crippen molar-refractivity contribution < 1.29 is 8.42 Å². The summed E-state index contributed by atoms with van der Waals surface area (Å²) in [5, 5.41) is 0.207. The van der Waals surface area contributed by atoms with Crippen LogP contribution in [0.2, 0.25) is 10.3 Å². The van der Waals surface area contributed by atoms with Gasteiger partial charge >= 0.3 is 0 Å². The smallest absolute Gasteiger partial charge is 0.164 e. The van der Waals surface area contributed by atoms with E-state index in [1.54, 1.807) is 23.9 Å². The summed E-state index contributed by atoms with van der Waals surface area (Å²) in [4.78, 5) is 5.91. The maximum Gasteiger partial charge on any atom is 0.164 e. The fourth-order valence-electron chi connectivity index (χ4n) is 1.97. The van der Waals surface area contributed by atoms with Crippen LogP contribution in [0.3, 0.4) is 0 Å². The van der Waals surface area contributed by atoms with Gasteiger partial charge in [-0.2, -0.15) is 11.8 Å². The minimum absolute atomic E-state index is 0.331. The topological polar surface area (TPSA) is 50.3 Å². The third kappa shape index (κ3) is 3.98. The zero-order valence-electron chi connectivity index (χ0n) is 10.3. The van der Waals surface area contributed by atoms with Gasteiger partial charge in [0.2, 0.25) is 0 Å². The molecule has 1 saturated heterocycles. The Bertz CT molecular complexity index is 566. The van der Waals surface area contributed by atoms with Crippen LogP contribution in [0.1, 0.15) is 5.56 Å². The van der Waals surface area contributed by atoms with E-state index in [9.17, 15) is 8.42 Å². The standard InChI is InChI=1S/C11H14Cl2N2O2S2/c1-19(16,17)10-7-18-5-4-15(10)6-8-2-3-9(12)14-11(8)13/h2-3,10H,4-7H2,1H3. The maximum atomic E-state index is 11.8. The largest absolute Gasteiger partial charge is 0.281 e. The van der Waals surface area contributed by atoms with E-state index in [1.807, 2.05) is 4.90 Å². The molecule has 0 saturated carbocycles. The molecule has 0 amide bonds. The van der Waals surface area contributed by atoms with Gasteiger partial charge < -0.3 is 0 Å². The highest BCUT2D eigenvalue weighted by atomic mass is 35.5. The number of hydrogen-bond donors (Lipinski definition) is 0. The Hall–Kier alpha value is -0.0100. The second kappa shape index (κ2) is 6.18. The van der Waals surface area contributed by atoms with Gasteiger partial charge in [-0.1, -0.05) is 29.3 Å². The Labute approximate surface area is 127 Å². The van der Waals surface area contributed by atoms with Crippen LogP contribution < -0.4 is 0 Å². The summed E-state index contributed by atoms with van der Waals surface area (Å²) >= 11 is 13.4. The third-order valence-corrected chi connectivity index (χ3v) is 6.17. The monoisotopic (exact) mass is 340 g/mol. The number of hydrogen-bond acceptors (Lipinski definition) is 5. The van der Waals surface area contributed by atoms with Gasteiger partial charge in [-0.25, -0.2) is 13.4 Å². The van der Waals surface area contributed by atoms with Crippen LogP contribution in [-0.4, -0.2) is 48.0 Å². The number of aromatic nitrogens is 1. The van der Waals surface area contributed by atoms with E-state index in [1.165, 1.54) is 6.26 Å².